The summed E-state index contributed by atoms with van der Waals surface area (Å²) in [4.78, 5) is 40.4. The number of nitrogens with zero attached hydrogens (tertiary/aromatic N) is 2. The topological polar surface area (TPSA) is 66.9 Å². The van der Waals surface area contributed by atoms with Crippen LogP contribution in [0, 0.1) is 23.7 Å². The number of hydrogen-bond acceptors (Lipinski definition) is 4. The predicted octanol–water partition coefficient (Wildman–Crippen LogP) is 1.98. The molecule has 7 heteroatoms. The SMILES string of the molecule is CN(CCOc1ccc(Cl)cc1)C(=O)CN1C(=O)C2C3C=CC(C3)C2C1=O. The second kappa shape index (κ2) is 7.00. The molecule has 6 nitrogen and oxygen atoms in total. The number of hydrogen-bond donors (Lipinski definition) is 0. The van der Waals surface area contributed by atoms with Gasteiger partial charge in [-0.3, -0.25) is 19.3 Å². The van der Waals surface area contributed by atoms with Gasteiger partial charge in [-0.2, -0.15) is 0 Å². The maximum atomic E-state index is 12.6. The molecule has 1 saturated heterocycles. The molecule has 4 unspecified atom stereocenters. The number of imide groups is 1. The molecule has 3 aliphatic rings. The third-order valence-corrected chi connectivity index (χ3v) is 6.04. The van der Waals surface area contributed by atoms with Crippen molar-refractivity contribution >= 4 is 29.3 Å². The molecule has 3 amide bonds. The van der Waals surface area contributed by atoms with E-state index in [2.05, 4.69) is 0 Å². The highest BCUT2D eigenvalue weighted by Gasteiger charge is 2.59. The standard InChI is InChI=1S/C20H21ClN2O4/c1-22(8-9-27-15-6-4-14(21)5-7-15)16(24)11-23-19(25)17-12-2-3-13(10-12)18(17)20(23)26/h2-7,12-13,17-18H,8-11H2,1H3. The van der Waals surface area contributed by atoms with Crippen molar-refractivity contribution in [1.82, 2.24) is 9.80 Å². The highest BCUT2D eigenvalue weighted by molar-refractivity contribution is 6.30. The highest BCUT2D eigenvalue weighted by Crippen LogP contribution is 2.52. The van der Waals surface area contributed by atoms with Crippen molar-refractivity contribution in [3.05, 3.63) is 41.4 Å². The Hall–Kier alpha value is -2.34. The van der Waals surface area contributed by atoms with E-state index >= 15 is 0 Å². The smallest absolute Gasteiger partial charge is 0.242 e. The van der Waals surface area contributed by atoms with E-state index in [0.29, 0.717) is 23.9 Å². The van der Waals surface area contributed by atoms with E-state index in [0.717, 1.165) is 11.3 Å². The highest BCUT2D eigenvalue weighted by atomic mass is 35.5. The van der Waals surface area contributed by atoms with Gasteiger partial charge >= 0.3 is 0 Å². The largest absolute Gasteiger partial charge is 0.492 e. The summed E-state index contributed by atoms with van der Waals surface area (Å²) in [7, 11) is 1.64. The molecule has 1 aromatic rings. The van der Waals surface area contributed by atoms with Crippen molar-refractivity contribution in [3.8, 4) is 5.75 Å². The van der Waals surface area contributed by atoms with Gasteiger partial charge < -0.3 is 9.64 Å². The number of ether oxygens (including phenoxy) is 1. The first-order valence-corrected chi connectivity index (χ1v) is 9.49. The average molecular weight is 389 g/mol. The van der Waals surface area contributed by atoms with Crippen molar-refractivity contribution in [1.29, 1.82) is 0 Å². The number of halogens is 1. The number of amides is 3. The minimum atomic E-state index is -0.267. The molecule has 4 rings (SSSR count). The van der Waals surface area contributed by atoms with Crippen LogP contribution in [0.15, 0.2) is 36.4 Å². The fourth-order valence-corrected chi connectivity index (χ4v) is 4.46. The zero-order valence-corrected chi connectivity index (χ0v) is 15.8. The fourth-order valence-electron chi connectivity index (χ4n) is 4.33. The van der Waals surface area contributed by atoms with Gasteiger partial charge in [-0.05, 0) is 42.5 Å². The number of likely N-dealkylation sites (N-methyl/N-ethyl adjacent to an activating group) is 1. The fraction of sp³-hybridized carbons (Fsp3) is 0.450. The lowest BCUT2D eigenvalue weighted by Gasteiger charge is -2.22. The van der Waals surface area contributed by atoms with Crippen LogP contribution in [0.3, 0.4) is 0 Å². The maximum Gasteiger partial charge on any atom is 0.242 e. The second-order valence-electron chi connectivity index (χ2n) is 7.38. The van der Waals surface area contributed by atoms with Gasteiger partial charge in [-0.15, -0.1) is 0 Å². The van der Waals surface area contributed by atoms with Crippen LogP contribution in [0.25, 0.3) is 0 Å². The summed E-state index contributed by atoms with van der Waals surface area (Å²) >= 11 is 5.83. The molecular weight excluding hydrogens is 368 g/mol. The Bertz CT molecular complexity index is 777. The molecule has 1 saturated carbocycles. The molecule has 2 bridgehead atoms. The average Bonchev–Trinajstić information content (AvgIpc) is 3.33. The lowest BCUT2D eigenvalue weighted by Crippen LogP contribution is -2.43. The minimum Gasteiger partial charge on any atom is -0.492 e. The van der Waals surface area contributed by atoms with Crippen LogP contribution in [0.4, 0.5) is 0 Å². The molecule has 4 atom stereocenters. The van der Waals surface area contributed by atoms with Crippen LogP contribution in [0.2, 0.25) is 5.02 Å². The van der Waals surface area contributed by atoms with Crippen molar-refractivity contribution < 1.29 is 19.1 Å². The Morgan fingerprint density at radius 1 is 1.15 bits per heavy atom. The van der Waals surface area contributed by atoms with E-state index in [1.165, 1.54) is 4.90 Å². The maximum absolute atomic E-state index is 12.6. The Labute approximate surface area is 162 Å². The van der Waals surface area contributed by atoms with E-state index in [1.54, 1.807) is 31.3 Å². The molecule has 142 valence electrons. The summed E-state index contributed by atoms with van der Waals surface area (Å²) in [6, 6.07) is 6.98. The lowest BCUT2D eigenvalue weighted by molar-refractivity contribution is -0.146. The summed E-state index contributed by atoms with van der Waals surface area (Å²) in [6.45, 7) is 0.476. The molecular formula is C20H21ClN2O4. The number of allylic oxidation sites excluding steroid dienone is 2. The van der Waals surface area contributed by atoms with Gasteiger partial charge in [0.2, 0.25) is 17.7 Å². The zero-order valence-electron chi connectivity index (χ0n) is 15.0. The van der Waals surface area contributed by atoms with Gasteiger partial charge in [0.1, 0.15) is 18.9 Å². The van der Waals surface area contributed by atoms with Crippen LogP contribution in [-0.4, -0.2) is 54.3 Å². The van der Waals surface area contributed by atoms with E-state index in [-0.39, 0.29) is 47.9 Å². The molecule has 0 radical (unpaired) electrons. The number of likely N-dealkylation sites (tertiary alicyclic amines) is 1. The van der Waals surface area contributed by atoms with Gasteiger partial charge in [-0.1, -0.05) is 23.8 Å². The summed E-state index contributed by atoms with van der Waals surface area (Å²) < 4.78 is 5.58. The molecule has 1 aliphatic heterocycles. The summed E-state index contributed by atoms with van der Waals surface area (Å²) in [6.07, 6.45) is 4.97. The van der Waals surface area contributed by atoms with Crippen molar-refractivity contribution in [3.63, 3.8) is 0 Å². The monoisotopic (exact) mass is 388 g/mol. The first kappa shape index (κ1) is 18.0. The normalized spacial score (nSPS) is 28.0. The lowest BCUT2D eigenvalue weighted by atomic mass is 9.85. The molecule has 27 heavy (non-hydrogen) atoms. The van der Waals surface area contributed by atoms with Crippen LogP contribution in [0.1, 0.15) is 6.42 Å². The number of rotatable bonds is 6. The molecule has 2 aliphatic carbocycles. The van der Waals surface area contributed by atoms with Crippen molar-refractivity contribution in [2.45, 2.75) is 6.42 Å². The Kier molecular flexibility index (Phi) is 4.68. The first-order valence-electron chi connectivity index (χ1n) is 9.11. The van der Waals surface area contributed by atoms with E-state index in [1.807, 2.05) is 12.2 Å². The Balaban J connectivity index is 1.29. The van der Waals surface area contributed by atoms with Crippen LogP contribution >= 0.6 is 11.6 Å². The number of carbonyl (C=O) groups excluding carboxylic acids is 3. The molecule has 0 spiro atoms. The van der Waals surface area contributed by atoms with Gasteiger partial charge in [0, 0.05) is 12.1 Å². The van der Waals surface area contributed by atoms with E-state index < -0.39 is 0 Å². The molecule has 0 aromatic heterocycles. The zero-order chi connectivity index (χ0) is 19.1. The van der Waals surface area contributed by atoms with Gasteiger partial charge in [0.05, 0.1) is 18.4 Å². The predicted molar refractivity (Wildman–Crippen MR) is 99.0 cm³/mol. The summed E-state index contributed by atoms with van der Waals surface area (Å²) in [5.74, 6) is -0.207. The van der Waals surface area contributed by atoms with Crippen LogP contribution in [-0.2, 0) is 14.4 Å². The van der Waals surface area contributed by atoms with Crippen molar-refractivity contribution in [2.75, 3.05) is 26.7 Å². The van der Waals surface area contributed by atoms with Gasteiger partial charge in [0.25, 0.3) is 0 Å². The van der Waals surface area contributed by atoms with Crippen LogP contribution in [0.5, 0.6) is 5.75 Å². The molecule has 1 aromatic carbocycles. The number of carbonyl (C=O) groups is 3. The third-order valence-electron chi connectivity index (χ3n) is 5.79. The molecule has 0 N–H and O–H groups in total. The van der Waals surface area contributed by atoms with Gasteiger partial charge in [0.15, 0.2) is 0 Å². The van der Waals surface area contributed by atoms with Crippen molar-refractivity contribution in [2.24, 2.45) is 23.7 Å². The molecule has 2 fully saturated rings. The Morgan fingerprint density at radius 2 is 1.74 bits per heavy atom. The second-order valence-corrected chi connectivity index (χ2v) is 7.82. The first-order chi connectivity index (χ1) is 13.0. The number of fused-ring (bicyclic) bond motifs is 5. The van der Waals surface area contributed by atoms with E-state index in [9.17, 15) is 14.4 Å². The minimum absolute atomic E-state index is 0.155. The summed E-state index contributed by atoms with van der Waals surface area (Å²) in [5.41, 5.74) is 0. The quantitative estimate of drug-likeness (QED) is 0.552. The third kappa shape index (κ3) is 3.23. The Morgan fingerprint density at radius 3 is 2.33 bits per heavy atom. The molecule has 1 heterocycles. The summed E-state index contributed by atoms with van der Waals surface area (Å²) in [5, 5.41) is 0.628. The van der Waals surface area contributed by atoms with Crippen LogP contribution < -0.4 is 4.74 Å². The van der Waals surface area contributed by atoms with E-state index in [4.69, 9.17) is 16.3 Å². The van der Waals surface area contributed by atoms with Gasteiger partial charge in [-0.25, -0.2) is 0 Å². The number of benzene rings is 1.